The van der Waals surface area contributed by atoms with Crippen LogP contribution in [0.15, 0.2) is 79.1 Å². The zero-order valence-electron chi connectivity index (χ0n) is 18.8. The molecule has 3 heterocycles. The number of anilines is 1. The minimum Gasteiger partial charge on any atom is -0.497 e. The number of carbonyl (C=O) groups excluding carboxylic acids is 1. The van der Waals surface area contributed by atoms with Crippen molar-refractivity contribution in [3.63, 3.8) is 0 Å². The Labute approximate surface area is 193 Å². The quantitative estimate of drug-likeness (QED) is 0.473. The van der Waals surface area contributed by atoms with E-state index in [9.17, 15) is 4.79 Å². The van der Waals surface area contributed by atoms with E-state index in [-0.39, 0.29) is 5.91 Å². The number of piperidine rings is 1. The second-order valence-electron chi connectivity index (χ2n) is 8.47. The van der Waals surface area contributed by atoms with E-state index in [1.807, 2.05) is 71.6 Å². The van der Waals surface area contributed by atoms with E-state index in [4.69, 9.17) is 4.74 Å². The molecule has 0 spiro atoms. The van der Waals surface area contributed by atoms with Gasteiger partial charge >= 0.3 is 0 Å². The smallest absolute Gasteiger partial charge is 0.268 e. The van der Waals surface area contributed by atoms with Crippen LogP contribution in [0.2, 0.25) is 0 Å². The lowest BCUT2D eigenvalue weighted by Crippen LogP contribution is -2.39. The number of para-hydroxylation sites is 1. The molecule has 1 aliphatic rings. The largest absolute Gasteiger partial charge is 0.497 e. The molecule has 6 heteroatoms. The Kier molecular flexibility index (Phi) is 5.98. The number of ether oxygens (including phenoxy) is 1. The molecule has 0 bridgehead atoms. The van der Waals surface area contributed by atoms with Gasteiger partial charge in [0.2, 0.25) is 0 Å². The van der Waals surface area contributed by atoms with Crippen molar-refractivity contribution in [2.75, 3.05) is 31.6 Å². The molecule has 0 unspecified atom stereocenters. The van der Waals surface area contributed by atoms with Crippen LogP contribution in [0.3, 0.4) is 0 Å². The van der Waals surface area contributed by atoms with Gasteiger partial charge in [-0.3, -0.25) is 9.78 Å². The van der Waals surface area contributed by atoms with Crippen molar-refractivity contribution in [2.45, 2.75) is 12.8 Å². The SMILES string of the molecule is COc1ccc(-n2c(C(=O)NCC3CCN(c4ccncc4)CC3)cc3ccccc32)cc1. The number of amides is 1. The first-order valence-corrected chi connectivity index (χ1v) is 11.4. The summed E-state index contributed by atoms with van der Waals surface area (Å²) in [5.41, 5.74) is 3.82. The van der Waals surface area contributed by atoms with Crippen LogP contribution in [-0.2, 0) is 0 Å². The number of fused-ring (bicyclic) bond motifs is 1. The molecule has 4 aromatic rings. The van der Waals surface area contributed by atoms with E-state index in [1.54, 1.807) is 7.11 Å². The van der Waals surface area contributed by atoms with Gasteiger partial charge in [-0.25, -0.2) is 0 Å². The molecule has 2 aromatic heterocycles. The third-order valence-corrected chi connectivity index (χ3v) is 6.47. The molecular formula is C27H28N4O2. The molecule has 1 N–H and O–H groups in total. The topological polar surface area (TPSA) is 59.4 Å². The number of nitrogens with zero attached hydrogens (tertiary/aromatic N) is 3. The molecule has 0 aliphatic carbocycles. The second kappa shape index (κ2) is 9.36. The molecule has 0 atom stereocenters. The van der Waals surface area contributed by atoms with E-state index in [1.165, 1.54) is 5.69 Å². The monoisotopic (exact) mass is 440 g/mol. The molecule has 0 saturated carbocycles. The van der Waals surface area contributed by atoms with Gasteiger partial charge in [-0.2, -0.15) is 0 Å². The predicted molar refractivity (Wildman–Crippen MR) is 131 cm³/mol. The highest BCUT2D eigenvalue weighted by molar-refractivity contribution is 6.00. The molecule has 1 saturated heterocycles. The van der Waals surface area contributed by atoms with Gasteiger partial charge in [-0.1, -0.05) is 18.2 Å². The number of methoxy groups -OCH3 is 1. The molecule has 33 heavy (non-hydrogen) atoms. The summed E-state index contributed by atoms with van der Waals surface area (Å²) in [5, 5.41) is 4.25. The first-order chi connectivity index (χ1) is 16.2. The molecule has 0 radical (unpaired) electrons. The van der Waals surface area contributed by atoms with Crippen LogP contribution < -0.4 is 15.0 Å². The molecule has 5 rings (SSSR count). The van der Waals surface area contributed by atoms with Gasteiger partial charge in [0.25, 0.3) is 5.91 Å². The Morgan fingerprint density at radius 3 is 2.45 bits per heavy atom. The maximum Gasteiger partial charge on any atom is 0.268 e. The Morgan fingerprint density at radius 1 is 1.00 bits per heavy atom. The second-order valence-corrected chi connectivity index (χ2v) is 8.47. The zero-order chi connectivity index (χ0) is 22.6. The van der Waals surface area contributed by atoms with Crippen molar-refractivity contribution in [1.82, 2.24) is 14.9 Å². The molecule has 2 aromatic carbocycles. The fourth-order valence-corrected chi connectivity index (χ4v) is 4.61. The number of benzene rings is 2. The normalized spacial score (nSPS) is 14.4. The van der Waals surface area contributed by atoms with Crippen LogP contribution in [0.4, 0.5) is 5.69 Å². The van der Waals surface area contributed by atoms with Gasteiger partial charge < -0.3 is 19.5 Å². The number of aromatic nitrogens is 2. The van der Waals surface area contributed by atoms with Crippen molar-refractivity contribution < 1.29 is 9.53 Å². The van der Waals surface area contributed by atoms with Crippen molar-refractivity contribution in [2.24, 2.45) is 5.92 Å². The van der Waals surface area contributed by atoms with Crippen LogP contribution in [-0.4, -0.2) is 42.2 Å². The summed E-state index contributed by atoms with van der Waals surface area (Å²) in [6, 6.07) is 22.0. The Morgan fingerprint density at radius 2 is 1.73 bits per heavy atom. The Hall–Kier alpha value is -3.80. The lowest BCUT2D eigenvalue weighted by molar-refractivity contribution is 0.0938. The van der Waals surface area contributed by atoms with Crippen LogP contribution in [0.5, 0.6) is 5.75 Å². The highest BCUT2D eigenvalue weighted by Gasteiger charge is 2.22. The fourth-order valence-electron chi connectivity index (χ4n) is 4.61. The third-order valence-electron chi connectivity index (χ3n) is 6.47. The number of nitrogens with one attached hydrogen (secondary N) is 1. The summed E-state index contributed by atoms with van der Waals surface area (Å²) < 4.78 is 7.32. The first kappa shape index (κ1) is 21.1. The molecule has 1 fully saturated rings. The molecule has 168 valence electrons. The van der Waals surface area contributed by atoms with Crippen LogP contribution in [0.25, 0.3) is 16.6 Å². The number of pyridine rings is 1. The summed E-state index contributed by atoms with van der Waals surface area (Å²) in [7, 11) is 1.65. The summed E-state index contributed by atoms with van der Waals surface area (Å²) in [6.45, 7) is 2.68. The van der Waals surface area contributed by atoms with E-state index < -0.39 is 0 Å². The van der Waals surface area contributed by atoms with Crippen LogP contribution in [0.1, 0.15) is 23.3 Å². The van der Waals surface area contributed by atoms with Gasteiger partial charge in [-0.15, -0.1) is 0 Å². The van der Waals surface area contributed by atoms with E-state index in [2.05, 4.69) is 27.3 Å². The van der Waals surface area contributed by atoms with Crippen LogP contribution >= 0.6 is 0 Å². The van der Waals surface area contributed by atoms with Gasteiger partial charge in [0.05, 0.1) is 12.6 Å². The summed E-state index contributed by atoms with van der Waals surface area (Å²) in [4.78, 5) is 19.8. The molecule has 6 nitrogen and oxygen atoms in total. The zero-order valence-corrected chi connectivity index (χ0v) is 18.8. The predicted octanol–water partition coefficient (Wildman–Crippen LogP) is 4.68. The highest BCUT2D eigenvalue weighted by Crippen LogP contribution is 2.26. The highest BCUT2D eigenvalue weighted by atomic mass is 16.5. The third kappa shape index (κ3) is 4.42. The minimum absolute atomic E-state index is 0.0430. The maximum absolute atomic E-state index is 13.3. The molecular weight excluding hydrogens is 412 g/mol. The van der Waals surface area contributed by atoms with Crippen molar-refractivity contribution in [3.8, 4) is 11.4 Å². The van der Waals surface area contributed by atoms with Gasteiger partial charge in [0.15, 0.2) is 0 Å². The summed E-state index contributed by atoms with van der Waals surface area (Å²) in [6.07, 6.45) is 5.79. The number of rotatable bonds is 6. The number of hydrogen-bond donors (Lipinski definition) is 1. The van der Waals surface area contributed by atoms with Crippen molar-refractivity contribution in [1.29, 1.82) is 0 Å². The van der Waals surface area contributed by atoms with Crippen molar-refractivity contribution in [3.05, 3.63) is 84.8 Å². The molecule has 1 aliphatic heterocycles. The Balaban J connectivity index is 1.30. The summed E-state index contributed by atoms with van der Waals surface area (Å²) >= 11 is 0. The molecule has 1 amide bonds. The van der Waals surface area contributed by atoms with E-state index in [0.29, 0.717) is 18.2 Å². The van der Waals surface area contributed by atoms with E-state index in [0.717, 1.165) is 48.3 Å². The van der Waals surface area contributed by atoms with Gasteiger partial charge in [0.1, 0.15) is 11.4 Å². The first-order valence-electron chi connectivity index (χ1n) is 11.4. The maximum atomic E-state index is 13.3. The number of hydrogen-bond acceptors (Lipinski definition) is 4. The van der Waals surface area contributed by atoms with E-state index >= 15 is 0 Å². The standard InChI is InChI=1S/C27H28N4O2/c1-33-24-8-6-23(7-9-24)31-25-5-3-2-4-21(25)18-26(31)27(32)29-19-20-12-16-30(17-13-20)22-10-14-28-15-11-22/h2-11,14-15,18,20H,12-13,16-17,19H2,1H3,(H,29,32). The minimum atomic E-state index is -0.0430. The average Bonchev–Trinajstić information content (AvgIpc) is 3.28. The number of carbonyl (C=O) groups is 1. The van der Waals surface area contributed by atoms with Crippen LogP contribution in [0, 0.1) is 5.92 Å². The lowest BCUT2D eigenvalue weighted by Gasteiger charge is -2.33. The average molecular weight is 441 g/mol. The van der Waals surface area contributed by atoms with Crippen molar-refractivity contribution >= 4 is 22.5 Å². The lowest BCUT2D eigenvalue weighted by atomic mass is 9.96. The van der Waals surface area contributed by atoms with Gasteiger partial charge in [0, 0.05) is 48.8 Å². The Bertz CT molecular complexity index is 1230. The summed E-state index contributed by atoms with van der Waals surface area (Å²) in [5.74, 6) is 1.23. The van der Waals surface area contributed by atoms with Gasteiger partial charge in [-0.05, 0) is 67.3 Å². The fraction of sp³-hybridized carbons (Fsp3) is 0.259.